The largest absolute Gasteiger partial charge is 0.370 e. The minimum Gasteiger partial charge on any atom is -0.370 e. The van der Waals surface area contributed by atoms with Crippen molar-refractivity contribution in [2.75, 3.05) is 23.3 Å². The zero-order valence-corrected chi connectivity index (χ0v) is 18.9. The first kappa shape index (κ1) is 22.0. The number of hydrogen-bond donors (Lipinski definition) is 1. The van der Waals surface area contributed by atoms with Crippen LogP contribution in [0.4, 0.5) is 11.5 Å². The Kier molecular flexibility index (Phi) is 6.55. The van der Waals surface area contributed by atoms with Crippen LogP contribution in [-0.4, -0.2) is 32.4 Å². The van der Waals surface area contributed by atoms with Crippen LogP contribution in [0.3, 0.4) is 0 Å². The molecule has 1 fully saturated rings. The molecule has 7 heteroatoms. The van der Waals surface area contributed by atoms with E-state index in [2.05, 4.69) is 15.2 Å². The molecule has 6 nitrogen and oxygen atoms in total. The van der Waals surface area contributed by atoms with E-state index in [9.17, 15) is 13.2 Å². The van der Waals surface area contributed by atoms with Crippen LogP contribution in [0.15, 0.2) is 71.8 Å². The van der Waals surface area contributed by atoms with E-state index >= 15 is 0 Å². The van der Waals surface area contributed by atoms with Gasteiger partial charge in [-0.3, -0.25) is 4.79 Å². The van der Waals surface area contributed by atoms with Crippen molar-refractivity contribution < 1.29 is 13.2 Å². The molecule has 1 aliphatic heterocycles. The van der Waals surface area contributed by atoms with Gasteiger partial charge in [0.2, 0.25) is 0 Å². The number of aromatic nitrogens is 1. The van der Waals surface area contributed by atoms with Crippen LogP contribution < -0.4 is 10.2 Å². The SMILES string of the molecule is Cc1ccc(S(=O)(=O)Cc2ccc(C(=O)Nc3ccc(N4CCCCC4)cn3)cc2)cc1. The summed E-state index contributed by atoms with van der Waals surface area (Å²) in [7, 11) is -3.44. The number of carbonyl (C=O) groups is 1. The highest BCUT2D eigenvalue weighted by Crippen LogP contribution is 2.21. The van der Waals surface area contributed by atoms with E-state index in [1.165, 1.54) is 19.3 Å². The van der Waals surface area contributed by atoms with Crippen LogP contribution in [-0.2, 0) is 15.6 Å². The Bertz CT molecular complexity index is 1170. The summed E-state index contributed by atoms with van der Waals surface area (Å²) in [5.74, 6) is 0.0928. The number of rotatable bonds is 6. The third-order valence-electron chi connectivity index (χ3n) is 5.66. The number of sulfone groups is 1. The number of nitrogens with one attached hydrogen (secondary N) is 1. The summed E-state index contributed by atoms with van der Waals surface area (Å²) in [6.45, 7) is 4.00. The third-order valence-corrected chi connectivity index (χ3v) is 7.37. The number of piperidine rings is 1. The molecule has 2 aromatic carbocycles. The lowest BCUT2D eigenvalue weighted by Crippen LogP contribution is -2.29. The van der Waals surface area contributed by atoms with Crippen molar-refractivity contribution in [1.29, 1.82) is 0 Å². The van der Waals surface area contributed by atoms with Crippen LogP contribution in [0.1, 0.15) is 40.7 Å². The standard InChI is InChI=1S/C25H27N3O3S/c1-19-5-12-23(13-6-19)32(30,31)18-20-7-9-21(10-8-20)25(29)27-24-14-11-22(17-26-24)28-15-3-2-4-16-28/h5-14,17H,2-4,15-16,18H2,1H3,(H,26,27,29). The Labute approximate surface area is 189 Å². The number of nitrogens with zero attached hydrogens (tertiary/aromatic N) is 2. The maximum Gasteiger partial charge on any atom is 0.256 e. The number of amides is 1. The first-order valence-corrected chi connectivity index (χ1v) is 12.5. The minimum absolute atomic E-state index is 0.114. The van der Waals surface area contributed by atoms with Crippen molar-refractivity contribution in [2.45, 2.75) is 36.8 Å². The van der Waals surface area contributed by atoms with Crippen LogP contribution in [0.2, 0.25) is 0 Å². The quantitative estimate of drug-likeness (QED) is 0.595. The first-order valence-electron chi connectivity index (χ1n) is 10.8. The van der Waals surface area contributed by atoms with Gasteiger partial charge in [0.05, 0.1) is 22.5 Å². The van der Waals surface area contributed by atoms with E-state index in [1.807, 2.05) is 19.1 Å². The van der Waals surface area contributed by atoms with Crippen molar-refractivity contribution in [1.82, 2.24) is 4.98 Å². The molecule has 1 aliphatic rings. The summed E-state index contributed by atoms with van der Waals surface area (Å²) in [5, 5.41) is 2.80. The van der Waals surface area contributed by atoms with Gasteiger partial charge in [-0.05, 0) is 68.1 Å². The van der Waals surface area contributed by atoms with E-state index in [4.69, 9.17) is 0 Å². The second-order valence-electron chi connectivity index (χ2n) is 8.17. The second kappa shape index (κ2) is 9.53. The number of hydrogen-bond acceptors (Lipinski definition) is 5. The molecule has 1 amide bonds. The van der Waals surface area contributed by atoms with Crippen LogP contribution >= 0.6 is 0 Å². The van der Waals surface area contributed by atoms with Crippen molar-refractivity contribution in [3.8, 4) is 0 Å². The van der Waals surface area contributed by atoms with Crippen LogP contribution in [0, 0.1) is 6.92 Å². The lowest BCUT2D eigenvalue weighted by molar-refractivity contribution is 0.102. The summed E-state index contributed by atoms with van der Waals surface area (Å²) in [6.07, 6.45) is 5.45. The molecule has 0 unspecified atom stereocenters. The van der Waals surface area contributed by atoms with Gasteiger partial charge in [0.15, 0.2) is 9.84 Å². The average molecular weight is 450 g/mol. The molecular weight excluding hydrogens is 422 g/mol. The topological polar surface area (TPSA) is 79.4 Å². The zero-order valence-electron chi connectivity index (χ0n) is 18.1. The smallest absolute Gasteiger partial charge is 0.256 e. The summed E-state index contributed by atoms with van der Waals surface area (Å²) >= 11 is 0. The molecule has 4 rings (SSSR count). The fraction of sp³-hybridized carbons (Fsp3) is 0.280. The molecule has 1 saturated heterocycles. The molecule has 0 bridgehead atoms. The molecule has 0 saturated carbocycles. The number of anilines is 2. The van der Waals surface area contributed by atoms with Gasteiger partial charge in [-0.2, -0.15) is 0 Å². The van der Waals surface area contributed by atoms with Crippen LogP contribution in [0.25, 0.3) is 0 Å². The van der Waals surface area contributed by atoms with Gasteiger partial charge < -0.3 is 10.2 Å². The van der Waals surface area contributed by atoms with Crippen molar-refractivity contribution in [3.05, 3.63) is 83.6 Å². The monoisotopic (exact) mass is 449 g/mol. The molecule has 0 radical (unpaired) electrons. The number of aryl methyl sites for hydroxylation is 1. The molecule has 1 N–H and O–H groups in total. The van der Waals surface area contributed by atoms with E-state index < -0.39 is 9.84 Å². The Hall–Kier alpha value is -3.19. The van der Waals surface area contributed by atoms with Gasteiger partial charge in [0, 0.05) is 18.7 Å². The van der Waals surface area contributed by atoms with Gasteiger partial charge in [-0.1, -0.05) is 29.8 Å². The highest BCUT2D eigenvalue weighted by Gasteiger charge is 2.16. The zero-order chi connectivity index (χ0) is 22.6. The highest BCUT2D eigenvalue weighted by molar-refractivity contribution is 7.90. The molecular formula is C25H27N3O3S. The Balaban J connectivity index is 1.38. The fourth-order valence-corrected chi connectivity index (χ4v) is 5.14. The number of benzene rings is 2. The lowest BCUT2D eigenvalue weighted by atomic mass is 10.1. The second-order valence-corrected chi connectivity index (χ2v) is 10.2. The molecule has 3 aromatic rings. The molecule has 166 valence electrons. The van der Waals surface area contributed by atoms with E-state index in [0.717, 1.165) is 24.3 Å². The summed E-state index contributed by atoms with van der Waals surface area (Å²) in [5.41, 5.74) is 3.16. The van der Waals surface area contributed by atoms with Crippen LogP contribution in [0.5, 0.6) is 0 Å². The van der Waals surface area contributed by atoms with Gasteiger partial charge in [-0.15, -0.1) is 0 Å². The lowest BCUT2D eigenvalue weighted by Gasteiger charge is -2.28. The van der Waals surface area contributed by atoms with Crippen molar-refractivity contribution in [3.63, 3.8) is 0 Å². The molecule has 0 aliphatic carbocycles. The molecule has 2 heterocycles. The van der Waals surface area contributed by atoms with E-state index in [1.54, 1.807) is 54.7 Å². The van der Waals surface area contributed by atoms with Gasteiger partial charge in [-0.25, -0.2) is 13.4 Å². The van der Waals surface area contributed by atoms with Crippen molar-refractivity contribution in [2.24, 2.45) is 0 Å². The van der Waals surface area contributed by atoms with Gasteiger partial charge in [0.25, 0.3) is 5.91 Å². The molecule has 1 aromatic heterocycles. The summed E-state index contributed by atoms with van der Waals surface area (Å²) in [6, 6.07) is 17.2. The van der Waals surface area contributed by atoms with E-state index in [0.29, 0.717) is 21.8 Å². The minimum atomic E-state index is -3.44. The Morgan fingerprint density at radius 1 is 0.938 bits per heavy atom. The summed E-state index contributed by atoms with van der Waals surface area (Å²) in [4.78, 5) is 19.5. The molecule has 0 atom stereocenters. The maximum atomic E-state index is 12.6. The highest BCUT2D eigenvalue weighted by atomic mass is 32.2. The van der Waals surface area contributed by atoms with E-state index in [-0.39, 0.29) is 11.7 Å². The fourth-order valence-electron chi connectivity index (χ4n) is 3.79. The first-order chi connectivity index (χ1) is 15.4. The molecule has 32 heavy (non-hydrogen) atoms. The summed E-state index contributed by atoms with van der Waals surface area (Å²) < 4.78 is 25.2. The van der Waals surface area contributed by atoms with Crippen molar-refractivity contribution >= 4 is 27.2 Å². The normalized spacial score (nSPS) is 14.2. The third kappa shape index (κ3) is 5.34. The predicted octanol–water partition coefficient (Wildman–Crippen LogP) is 4.61. The maximum absolute atomic E-state index is 12.6. The average Bonchev–Trinajstić information content (AvgIpc) is 2.80. The Morgan fingerprint density at radius 3 is 2.25 bits per heavy atom. The Morgan fingerprint density at radius 2 is 1.62 bits per heavy atom. The predicted molar refractivity (Wildman–Crippen MR) is 127 cm³/mol. The van der Waals surface area contributed by atoms with Gasteiger partial charge in [0.1, 0.15) is 5.82 Å². The molecule has 0 spiro atoms. The number of pyridine rings is 1. The van der Waals surface area contributed by atoms with Gasteiger partial charge >= 0.3 is 0 Å². The number of carbonyl (C=O) groups excluding carboxylic acids is 1.